The zero-order valence-electron chi connectivity index (χ0n) is 14.6. The molecule has 1 saturated carbocycles. The van der Waals surface area contributed by atoms with E-state index in [1.54, 1.807) is 6.26 Å². The average Bonchev–Trinajstić information content (AvgIpc) is 3.01. The number of nitrogens with one attached hydrogen (secondary N) is 1. The Bertz CT molecular complexity index is 676. The highest BCUT2D eigenvalue weighted by Gasteiger charge is 2.43. The number of likely N-dealkylation sites (tertiary alicyclic amines) is 1. The summed E-state index contributed by atoms with van der Waals surface area (Å²) in [6.07, 6.45) is 9.90. The second kappa shape index (κ2) is 7.04. The fourth-order valence-electron chi connectivity index (χ4n) is 3.76. The predicted molar refractivity (Wildman–Crippen MR) is 93.6 cm³/mol. The number of furan rings is 1. The lowest BCUT2D eigenvalue weighted by Crippen LogP contribution is -2.44. The summed E-state index contributed by atoms with van der Waals surface area (Å²) < 4.78 is 7.41. The second-order valence-electron chi connectivity index (χ2n) is 7.58. The van der Waals surface area contributed by atoms with Gasteiger partial charge in [0.25, 0.3) is 0 Å². The maximum Gasteiger partial charge on any atom is 0.224 e. The van der Waals surface area contributed by atoms with E-state index < -0.39 is 0 Å². The van der Waals surface area contributed by atoms with E-state index in [-0.39, 0.29) is 17.2 Å². The van der Waals surface area contributed by atoms with Crippen molar-refractivity contribution in [3.8, 4) is 0 Å². The standard InChI is InChI=1S/C19H26N4O2/c24-18(20-14-19(6-7-19)15-23-10-3-8-21-23)16-4-1-9-22(12-16)13-17-5-2-11-25-17/h2-3,5,8,10-11,16H,1,4,6-7,9,12-15H2,(H,20,24). The summed E-state index contributed by atoms with van der Waals surface area (Å²) in [5.41, 5.74) is 0.213. The van der Waals surface area contributed by atoms with Crippen LogP contribution < -0.4 is 5.32 Å². The number of piperidine rings is 1. The lowest BCUT2D eigenvalue weighted by atomic mass is 9.96. The van der Waals surface area contributed by atoms with Gasteiger partial charge in [0.2, 0.25) is 5.91 Å². The van der Waals surface area contributed by atoms with Crippen LogP contribution in [0.15, 0.2) is 41.3 Å². The Morgan fingerprint density at radius 1 is 1.40 bits per heavy atom. The van der Waals surface area contributed by atoms with Gasteiger partial charge in [-0.15, -0.1) is 0 Å². The van der Waals surface area contributed by atoms with E-state index in [1.165, 1.54) is 12.8 Å². The third-order valence-electron chi connectivity index (χ3n) is 5.49. The van der Waals surface area contributed by atoms with Gasteiger partial charge in [-0.2, -0.15) is 5.10 Å². The zero-order valence-corrected chi connectivity index (χ0v) is 14.6. The molecule has 1 saturated heterocycles. The predicted octanol–water partition coefficient (Wildman–Crippen LogP) is 2.28. The maximum atomic E-state index is 12.6. The lowest BCUT2D eigenvalue weighted by Gasteiger charge is -2.31. The number of aromatic nitrogens is 2. The number of rotatable bonds is 7. The number of amides is 1. The molecule has 0 spiro atoms. The Kier molecular flexibility index (Phi) is 4.61. The molecule has 6 heteroatoms. The minimum atomic E-state index is 0.0872. The Hall–Kier alpha value is -2.08. The van der Waals surface area contributed by atoms with Crippen molar-refractivity contribution in [3.05, 3.63) is 42.6 Å². The smallest absolute Gasteiger partial charge is 0.224 e. The summed E-state index contributed by atoms with van der Waals surface area (Å²) in [5, 5.41) is 7.51. The minimum Gasteiger partial charge on any atom is -0.468 e. The van der Waals surface area contributed by atoms with Crippen LogP contribution in [0.3, 0.4) is 0 Å². The average molecular weight is 342 g/mol. The number of carbonyl (C=O) groups excluding carboxylic acids is 1. The summed E-state index contributed by atoms with van der Waals surface area (Å²) in [5.74, 6) is 1.26. The van der Waals surface area contributed by atoms with Crippen molar-refractivity contribution in [3.63, 3.8) is 0 Å². The van der Waals surface area contributed by atoms with Crippen LogP contribution in [0.25, 0.3) is 0 Å². The van der Waals surface area contributed by atoms with E-state index in [2.05, 4.69) is 15.3 Å². The van der Waals surface area contributed by atoms with E-state index in [0.29, 0.717) is 0 Å². The molecule has 1 aliphatic carbocycles. The molecule has 2 aromatic rings. The number of hydrogen-bond acceptors (Lipinski definition) is 4. The molecule has 6 nitrogen and oxygen atoms in total. The van der Waals surface area contributed by atoms with Gasteiger partial charge < -0.3 is 9.73 Å². The van der Waals surface area contributed by atoms with Crippen molar-refractivity contribution in [2.24, 2.45) is 11.3 Å². The molecule has 0 radical (unpaired) electrons. The van der Waals surface area contributed by atoms with Crippen LogP contribution in [0.5, 0.6) is 0 Å². The van der Waals surface area contributed by atoms with Crippen molar-refractivity contribution in [1.82, 2.24) is 20.0 Å². The Balaban J connectivity index is 1.26. The van der Waals surface area contributed by atoms with Gasteiger partial charge >= 0.3 is 0 Å². The van der Waals surface area contributed by atoms with Gasteiger partial charge in [-0.05, 0) is 50.4 Å². The molecular formula is C19H26N4O2. The molecule has 3 heterocycles. The van der Waals surface area contributed by atoms with Gasteiger partial charge in [0, 0.05) is 37.4 Å². The van der Waals surface area contributed by atoms with Crippen molar-refractivity contribution in [2.75, 3.05) is 19.6 Å². The second-order valence-corrected chi connectivity index (χ2v) is 7.58. The summed E-state index contributed by atoms with van der Waals surface area (Å²) in [6.45, 7) is 4.31. The monoisotopic (exact) mass is 342 g/mol. The van der Waals surface area contributed by atoms with Crippen LogP contribution in [-0.4, -0.2) is 40.2 Å². The lowest BCUT2D eigenvalue weighted by molar-refractivity contribution is -0.127. The van der Waals surface area contributed by atoms with Gasteiger partial charge in [0.15, 0.2) is 0 Å². The molecule has 1 amide bonds. The van der Waals surface area contributed by atoms with Crippen molar-refractivity contribution in [1.29, 1.82) is 0 Å². The summed E-state index contributed by atoms with van der Waals surface area (Å²) in [7, 11) is 0. The van der Waals surface area contributed by atoms with E-state index in [1.807, 2.05) is 35.3 Å². The number of nitrogens with zero attached hydrogens (tertiary/aromatic N) is 3. The third kappa shape index (κ3) is 4.12. The van der Waals surface area contributed by atoms with Crippen LogP contribution >= 0.6 is 0 Å². The molecule has 1 N–H and O–H groups in total. The first kappa shape index (κ1) is 16.4. The maximum absolute atomic E-state index is 12.6. The largest absolute Gasteiger partial charge is 0.468 e. The first-order valence-corrected chi connectivity index (χ1v) is 9.22. The van der Waals surface area contributed by atoms with E-state index in [4.69, 9.17) is 4.42 Å². The molecule has 1 unspecified atom stereocenters. The highest BCUT2D eigenvalue weighted by molar-refractivity contribution is 5.79. The topological polar surface area (TPSA) is 63.3 Å². The fraction of sp³-hybridized carbons (Fsp3) is 0.579. The first-order chi connectivity index (χ1) is 12.2. The van der Waals surface area contributed by atoms with Gasteiger partial charge in [-0.25, -0.2) is 0 Å². The van der Waals surface area contributed by atoms with Crippen LogP contribution in [0.2, 0.25) is 0 Å². The Morgan fingerprint density at radius 3 is 3.04 bits per heavy atom. The molecule has 2 aliphatic rings. The summed E-state index contributed by atoms with van der Waals surface area (Å²) in [4.78, 5) is 15.0. The summed E-state index contributed by atoms with van der Waals surface area (Å²) in [6, 6.07) is 5.86. The van der Waals surface area contributed by atoms with Gasteiger partial charge in [-0.3, -0.25) is 14.4 Å². The van der Waals surface area contributed by atoms with Gasteiger partial charge in [0.05, 0.1) is 18.7 Å². The highest BCUT2D eigenvalue weighted by Crippen LogP contribution is 2.46. The quantitative estimate of drug-likeness (QED) is 0.838. The third-order valence-corrected chi connectivity index (χ3v) is 5.49. The molecule has 0 bridgehead atoms. The van der Waals surface area contributed by atoms with Crippen LogP contribution in [-0.2, 0) is 17.9 Å². The van der Waals surface area contributed by atoms with Crippen LogP contribution in [0, 0.1) is 11.3 Å². The molecule has 2 fully saturated rings. The molecule has 1 aliphatic heterocycles. The first-order valence-electron chi connectivity index (χ1n) is 9.22. The zero-order chi connectivity index (χ0) is 17.1. The number of hydrogen-bond donors (Lipinski definition) is 1. The minimum absolute atomic E-state index is 0.0872. The molecule has 1 atom stereocenters. The van der Waals surface area contributed by atoms with E-state index in [0.717, 1.165) is 51.3 Å². The Labute approximate surface area is 148 Å². The van der Waals surface area contributed by atoms with Crippen LogP contribution in [0.1, 0.15) is 31.4 Å². The molecule has 134 valence electrons. The van der Waals surface area contributed by atoms with Crippen molar-refractivity contribution in [2.45, 2.75) is 38.8 Å². The fourth-order valence-corrected chi connectivity index (χ4v) is 3.76. The van der Waals surface area contributed by atoms with Gasteiger partial charge in [-0.1, -0.05) is 0 Å². The van der Waals surface area contributed by atoms with E-state index in [9.17, 15) is 4.79 Å². The summed E-state index contributed by atoms with van der Waals surface area (Å²) >= 11 is 0. The van der Waals surface area contributed by atoms with Crippen molar-refractivity contribution >= 4 is 5.91 Å². The normalized spacial score (nSPS) is 22.6. The molecular weight excluding hydrogens is 316 g/mol. The molecule has 25 heavy (non-hydrogen) atoms. The SMILES string of the molecule is O=C(NCC1(Cn2cccn2)CC1)C1CCCN(Cc2ccco2)C1. The molecule has 0 aromatic carbocycles. The molecule has 2 aromatic heterocycles. The van der Waals surface area contributed by atoms with Crippen LogP contribution in [0.4, 0.5) is 0 Å². The Morgan fingerprint density at radius 2 is 2.32 bits per heavy atom. The highest BCUT2D eigenvalue weighted by atomic mass is 16.3. The van der Waals surface area contributed by atoms with Crippen molar-refractivity contribution < 1.29 is 9.21 Å². The number of carbonyl (C=O) groups is 1. The van der Waals surface area contributed by atoms with E-state index >= 15 is 0 Å². The van der Waals surface area contributed by atoms with Gasteiger partial charge in [0.1, 0.15) is 5.76 Å². The molecule has 4 rings (SSSR count).